The van der Waals surface area contributed by atoms with Crippen LogP contribution in [0.5, 0.6) is 0 Å². The van der Waals surface area contributed by atoms with Crippen molar-refractivity contribution in [1.29, 1.82) is 0 Å². The lowest BCUT2D eigenvalue weighted by atomic mass is 10.3. The van der Waals surface area contributed by atoms with Gasteiger partial charge >= 0.3 is 10.1 Å². The molecule has 0 aromatic carbocycles. The summed E-state index contributed by atoms with van der Waals surface area (Å²) in [6.07, 6.45) is 9.39. The molecule has 2 aliphatic rings. The van der Waals surface area contributed by atoms with Crippen molar-refractivity contribution in [2.75, 3.05) is 0 Å². The Labute approximate surface area is 212 Å². The standard InChI is InChI=1S/C20H14N4.C5H5NO3S.Al/c1-2-14-10-16-5-6-18(23-16)12-20-8-7-19(24-20)11-17-4-3-15(22-17)9-13(1)21-14;7-10(8,9)5-3-1-2-4-6-5;/h1-12,21,24H;1-4H,(H,7,8,9);. The Hall–Kier alpha value is -3.81. The first-order valence-electron chi connectivity index (χ1n) is 10.3. The van der Waals surface area contributed by atoms with Crippen molar-refractivity contribution in [2.45, 2.75) is 5.03 Å². The average Bonchev–Trinajstić information content (AvgIpc) is 3.60. The summed E-state index contributed by atoms with van der Waals surface area (Å²) in [5.41, 5.74) is 7.86. The Morgan fingerprint density at radius 3 is 1.31 bits per heavy atom. The van der Waals surface area contributed by atoms with Crippen LogP contribution in [-0.4, -0.2) is 55.3 Å². The van der Waals surface area contributed by atoms with Gasteiger partial charge in [-0.2, -0.15) is 8.42 Å². The van der Waals surface area contributed by atoms with Gasteiger partial charge in [0.15, 0.2) is 5.03 Å². The molecule has 171 valence electrons. The quantitative estimate of drug-likeness (QED) is 0.226. The van der Waals surface area contributed by atoms with Crippen LogP contribution in [0, 0.1) is 0 Å². The Balaban J connectivity index is 0.000000224. The molecular weight excluding hydrogens is 477 g/mol. The van der Waals surface area contributed by atoms with Crippen LogP contribution < -0.4 is 0 Å². The second-order valence-corrected chi connectivity index (χ2v) is 8.92. The molecule has 10 heteroatoms. The number of nitrogens with zero attached hydrogens (tertiary/aromatic N) is 3. The first-order chi connectivity index (χ1) is 16.4. The topological polar surface area (TPSA) is 125 Å². The first kappa shape index (κ1) is 24.3. The average molecular weight is 497 g/mol. The maximum atomic E-state index is 10.3. The third-order valence-corrected chi connectivity index (χ3v) is 5.71. The predicted octanol–water partition coefficient (Wildman–Crippen LogP) is 4.60. The number of aromatic amines is 2. The zero-order valence-electron chi connectivity index (χ0n) is 18.3. The van der Waals surface area contributed by atoms with E-state index >= 15 is 0 Å². The molecule has 6 heterocycles. The lowest BCUT2D eigenvalue weighted by Crippen LogP contribution is -1.99. The second kappa shape index (κ2) is 10.2. The normalized spacial score (nSPS) is 11.9. The van der Waals surface area contributed by atoms with Crippen molar-refractivity contribution in [2.24, 2.45) is 0 Å². The summed E-state index contributed by atoms with van der Waals surface area (Å²) in [5.74, 6) is 0. The minimum Gasteiger partial charge on any atom is -0.355 e. The molecule has 0 saturated heterocycles. The molecule has 0 atom stereocenters. The van der Waals surface area contributed by atoms with Crippen LogP contribution in [0.15, 0.2) is 78.0 Å². The molecule has 0 aliphatic carbocycles. The van der Waals surface area contributed by atoms with E-state index in [0.717, 1.165) is 44.8 Å². The molecule has 6 rings (SSSR count). The number of H-pyrrole nitrogens is 2. The van der Waals surface area contributed by atoms with E-state index in [1.165, 1.54) is 18.3 Å². The molecule has 0 unspecified atom stereocenters. The van der Waals surface area contributed by atoms with Gasteiger partial charge in [0, 0.05) is 45.6 Å². The number of aromatic nitrogens is 5. The van der Waals surface area contributed by atoms with Crippen LogP contribution >= 0.6 is 0 Å². The van der Waals surface area contributed by atoms with Gasteiger partial charge in [0.25, 0.3) is 0 Å². The van der Waals surface area contributed by atoms with Crippen molar-refractivity contribution < 1.29 is 13.0 Å². The predicted molar refractivity (Wildman–Crippen MR) is 139 cm³/mol. The summed E-state index contributed by atoms with van der Waals surface area (Å²) in [6.45, 7) is 0. The fourth-order valence-corrected chi connectivity index (χ4v) is 3.89. The highest BCUT2D eigenvalue weighted by atomic mass is 32.2. The highest BCUT2D eigenvalue weighted by molar-refractivity contribution is 7.85. The lowest BCUT2D eigenvalue weighted by molar-refractivity contribution is 0.479. The molecule has 8 nitrogen and oxygen atoms in total. The number of hydrogen-bond donors (Lipinski definition) is 3. The fourth-order valence-electron chi connectivity index (χ4n) is 3.44. The molecule has 2 aliphatic heterocycles. The number of nitrogens with one attached hydrogen (secondary N) is 2. The fraction of sp³-hybridized carbons (Fsp3) is 0. The lowest BCUT2D eigenvalue weighted by Gasteiger charge is -1.91. The maximum absolute atomic E-state index is 10.3. The minimum atomic E-state index is -4.11. The number of rotatable bonds is 1. The van der Waals surface area contributed by atoms with E-state index in [4.69, 9.17) is 4.55 Å². The van der Waals surface area contributed by atoms with E-state index in [1.54, 1.807) is 6.07 Å². The SMILES string of the molecule is C1=Cc2cc3ccc(cc4nc(cc5ccc(cc1n2)[nH]5)C=C4)[nH]3.O=S(=O)(O)c1ccccn1.[Al]. The molecule has 4 aromatic rings. The molecule has 0 amide bonds. The molecule has 0 spiro atoms. The zero-order valence-corrected chi connectivity index (χ0v) is 20.3. The van der Waals surface area contributed by atoms with E-state index in [-0.39, 0.29) is 22.4 Å². The smallest absolute Gasteiger partial charge is 0.312 e. The van der Waals surface area contributed by atoms with Gasteiger partial charge in [-0.05, 0) is 85.0 Å². The van der Waals surface area contributed by atoms with Gasteiger partial charge in [-0.25, -0.2) is 15.0 Å². The number of hydrogen-bond acceptors (Lipinski definition) is 5. The zero-order chi connectivity index (χ0) is 23.5. The Morgan fingerprint density at radius 2 is 1.03 bits per heavy atom. The minimum absolute atomic E-state index is 0. The van der Waals surface area contributed by atoms with Crippen LogP contribution in [0.4, 0.5) is 0 Å². The van der Waals surface area contributed by atoms with E-state index in [1.807, 2.05) is 48.6 Å². The van der Waals surface area contributed by atoms with Gasteiger partial charge in [-0.3, -0.25) is 4.55 Å². The van der Waals surface area contributed by atoms with Crippen molar-refractivity contribution in [3.05, 3.63) is 95.7 Å². The van der Waals surface area contributed by atoms with Crippen LogP contribution in [0.3, 0.4) is 0 Å². The summed E-state index contributed by atoms with van der Waals surface area (Å²) < 4.78 is 29.1. The Morgan fingerprint density at radius 1 is 0.629 bits per heavy atom. The molecule has 3 radical (unpaired) electrons. The van der Waals surface area contributed by atoms with Gasteiger partial charge < -0.3 is 9.97 Å². The van der Waals surface area contributed by atoms with E-state index in [9.17, 15) is 8.42 Å². The third kappa shape index (κ3) is 6.20. The van der Waals surface area contributed by atoms with Crippen molar-refractivity contribution >= 4 is 73.9 Å². The summed E-state index contributed by atoms with van der Waals surface area (Å²) in [6, 6.07) is 20.6. The molecule has 3 N–H and O–H groups in total. The van der Waals surface area contributed by atoms with Gasteiger partial charge in [-0.15, -0.1) is 0 Å². The Kier molecular flexibility index (Phi) is 7.10. The molecule has 0 fully saturated rings. The Bertz CT molecular complexity index is 1520. The summed E-state index contributed by atoms with van der Waals surface area (Å²) >= 11 is 0. The van der Waals surface area contributed by atoms with Crippen LogP contribution in [-0.2, 0) is 10.1 Å². The van der Waals surface area contributed by atoms with E-state index in [0.29, 0.717) is 0 Å². The monoisotopic (exact) mass is 496 g/mol. The summed E-state index contributed by atoms with van der Waals surface area (Å²) in [7, 11) is -4.11. The molecule has 0 saturated carbocycles. The van der Waals surface area contributed by atoms with Gasteiger partial charge in [0.05, 0.1) is 22.8 Å². The van der Waals surface area contributed by atoms with Gasteiger partial charge in [-0.1, -0.05) is 6.07 Å². The number of pyridine rings is 1. The van der Waals surface area contributed by atoms with Gasteiger partial charge in [0.2, 0.25) is 0 Å². The second-order valence-electron chi connectivity index (χ2n) is 7.55. The van der Waals surface area contributed by atoms with Crippen LogP contribution in [0.2, 0.25) is 0 Å². The maximum Gasteiger partial charge on any atom is 0.312 e. The van der Waals surface area contributed by atoms with Crippen molar-refractivity contribution in [3.63, 3.8) is 0 Å². The third-order valence-electron chi connectivity index (χ3n) is 4.94. The summed E-state index contributed by atoms with van der Waals surface area (Å²) in [5, 5.41) is -0.324. The molecular formula is C25H19AlN5O3S. The largest absolute Gasteiger partial charge is 0.355 e. The summed E-state index contributed by atoms with van der Waals surface area (Å²) in [4.78, 5) is 19.4. The first-order valence-corrected chi connectivity index (χ1v) is 11.8. The van der Waals surface area contributed by atoms with Gasteiger partial charge in [0.1, 0.15) is 0 Å². The van der Waals surface area contributed by atoms with E-state index < -0.39 is 10.1 Å². The number of fused-ring (bicyclic) bond motifs is 8. The van der Waals surface area contributed by atoms with Crippen molar-refractivity contribution in [3.8, 4) is 0 Å². The molecule has 4 aromatic heterocycles. The van der Waals surface area contributed by atoms with Crippen LogP contribution in [0.25, 0.3) is 46.4 Å². The van der Waals surface area contributed by atoms with E-state index in [2.05, 4.69) is 49.2 Å². The molecule has 35 heavy (non-hydrogen) atoms. The van der Waals surface area contributed by atoms with Crippen LogP contribution in [0.1, 0.15) is 22.8 Å². The highest BCUT2D eigenvalue weighted by Crippen LogP contribution is 2.17. The highest BCUT2D eigenvalue weighted by Gasteiger charge is 2.08. The van der Waals surface area contributed by atoms with Crippen molar-refractivity contribution in [1.82, 2.24) is 24.9 Å². The molecule has 8 bridgehead atoms.